The van der Waals surface area contributed by atoms with Crippen LogP contribution in [-0.4, -0.2) is 0 Å². The van der Waals surface area contributed by atoms with E-state index >= 15 is 0 Å². The van der Waals surface area contributed by atoms with E-state index in [4.69, 9.17) is 11.6 Å². The molecule has 0 amide bonds. The molecule has 0 aliphatic carbocycles. The number of hydrogen-bond acceptors (Lipinski definition) is 0. The van der Waals surface area contributed by atoms with E-state index in [0.29, 0.717) is 0 Å². The number of halogens is 1. The number of benzene rings is 1. The van der Waals surface area contributed by atoms with Crippen LogP contribution < -0.4 is 0 Å². The van der Waals surface area contributed by atoms with Crippen molar-refractivity contribution in [2.24, 2.45) is 0 Å². The lowest BCUT2D eigenvalue weighted by Gasteiger charge is -2.06. The Morgan fingerprint density at radius 3 is 2.73 bits per heavy atom. The predicted octanol–water partition coefficient (Wildman–Crippen LogP) is 4.87. The second-order valence-electron chi connectivity index (χ2n) is 3.71. The van der Waals surface area contributed by atoms with Gasteiger partial charge in [-0.15, -0.1) is 5.73 Å². The van der Waals surface area contributed by atoms with Crippen LogP contribution in [0.5, 0.6) is 0 Å². The molecule has 15 heavy (non-hydrogen) atoms. The van der Waals surface area contributed by atoms with Crippen LogP contribution in [0.1, 0.15) is 37.8 Å². The highest BCUT2D eigenvalue weighted by Gasteiger charge is 2.02. The van der Waals surface area contributed by atoms with Gasteiger partial charge < -0.3 is 0 Å². The van der Waals surface area contributed by atoms with Gasteiger partial charge in [-0.25, -0.2) is 0 Å². The van der Waals surface area contributed by atoms with Crippen molar-refractivity contribution in [3.8, 4) is 0 Å². The van der Waals surface area contributed by atoms with Crippen molar-refractivity contribution >= 4 is 17.2 Å². The highest BCUT2D eigenvalue weighted by atomic mass is 35.5. The van der Waals surface area contributed by atoms with Crippen LogP contribution in [0.15, 0.2) is 30.5 Å². The van der Waals surface area contributed by atoms with Gasteiger partial charge in [-0.2, -0.15) is 0 Å². The van der Waals surface area contributed by atoms with Crippen LogP contribution >= 0.6 is 11.6 Å². The minimum Gasteiger partial charge on any atom is -0.125 e. The van der Waals surface area contributed by atoms with E-state index in [1.165, 1.54) is 18.4 Å². The van der Waals surface area contributed by atoms with E-state index in [1.807, 2.05) is 13.0 Å². The van der Waals surface area contributed by atoms with Crippen molar-refractivity contribution in [3.63, 3.8) is 0 Å². The molecule has 1 rings (SSSR count). The van der Waals surface area contributed by atoms with Crippen molar-refractivity contribution in [2.45, 2.75) is 33.1 Å². The van der Waals surface area contributed by atoms with E-state index in [1.54, 1.807) is 0 Å². The molecule has 0 fully saturated rings. The third kappa shape index (κ3) is 3.27. The molecule has 80 valence electrons. The molecule has 0 radical (unpaired) electrons. The molecule has 0 spiro atoms. The summed E-state index contributed by atoms with van der Waals surface area (Å²) in [6, 6.07) is 6.19. The number of rotatable bonds is 4. The molecule has 0 nitrogen and oxygen atoms in total. The Labute approximate surface area is 97.3 Å². The number of unbranched alkanes of at least 4 members (excludes halogenated alkanes) is 1. The SMILES string of the molecule is C=C=C(C)c1ccc(CCCC)c(Cl)c1. The first-order chi connectivity index (χ1) is 7.19. The second kappa shape index (κ2) is 5.80. The molecule has 0 atom stereocenters. The zero-order valence-electron chi connectivity index (χ0n) is 9.44. The summed E-state index contributed by atoms with van der Waals surface area (Å²) in [5.41, 5.74) is 6.26. The highest BCUT2D eigenvalue weighted by Crippen LogP contribution is 2.23. The van der Waals surface area contributed by atoms with Crippen molar-refractivity contribution in [3.05, 3.63) is 46.7 Å². The van der Waals surface area contributed by atoms with E-state index in [-0.39, 0.29) is 0 Å². The number of allylic oxidation sites excluding steroid dienone is 1. The van der Waals surface area contributed by atoms with E-state index in [9.17, 15) is 0 Å². The molecule has 1 aromatic carbocycles. The van der Waals surface area contributed by atoms with Crippen LogP contribution in [0, 0.1) is 0 Å². The molecule has 0 bridgehead atoms. The third-order valence-electron chi connectivity index (χ3n) is 2.55. The first-order valence-corrected chi connectivity index (χ1v) is 5.72. The first-order valence-electron chi connectivity index (χ1n) is 5.34. The lowest BCUT2D eigenvalue weighted by molar-refractivity contribution is 0.795. The molecule has 0 aliphatic heterocycles. The normalized spacial score (nSPS) is 9.80. The molecule has 0 saturated carbocycles. The van der Waals surface area contributed by atoms with Gasteiger partial charge in [0.15, 0.2) is 0 Å². The van der Waals surface area contributed by atoms with Gasteiger partial charge in [-0.1, -0.05) is 43.7 Å². The Hall–Kier alpha value is -0.970. The average molecular weight is 221 g/mol. The molecule has 0 aliphatic rings. The highest BCUT2D eigenvalue weighted by molar-refractivity contribution is 6.31. The summed E-state index contributed by atoms with van der Waals surface area (Å²) in [6.07, 6.45) is 3.45. The molecule has 0 N–H and O–H groups in total. The van der Waals surface area contributed by atoms with E-state index in [0.717, 1.165) is 22.6 Å². The van der Waals surface area contributed by atoms with E-state index < -0.39 is 0 Å². The Balaban J connectivity index is 2.93. The van der Waals surface area contributed by atoms with Crippen LogP contribution in [0.25, 0.3) is 5.57 Å². The fraction of sp³-hybridized carbons (Fsp3) is 0.357. The van der Waals surface area contributed by atoms with Gasteiger partial charge in [0.05, 0.1) is 0 Å². The monoisotopic (exact) mass is 220 g/mol. The summed E-state index contributed by atoms with van der Waals surface area (Å²) in [6.45, 7) is 7.81. The predicted molar refractivity (Wildman–Crippen MR) is 68.3 cm³/mol. The molecule has 0 aromatic heterocycles. The standard InChI is InChI=1S/C14H17Cl/c1-4-6-7-12-8-9-13(10-14(12)15)11(3)5-2/h8-10H,2,4,6-7H2,1,3H3. The van der Waals surface area contributed by atoms with Crippen LogP contribution in [-0.2, 0) is 6.42 Å². The van der Waals surface area contributed by atoms with Crippen LogP contribution in [0.2, 0.25) is 5.02 Å². The van der Waals surface area contributed by atoms with Crippen molar-refractivity contribution in [1.29, 1.82) is 0 Å². The Morgan fingerprint density at radius 1 is 1.47 bits per heavy atom. The van der Waals surface area contributed by atoms with Gasteiger partial charge >= 0.3 is 0 Å². The molecule has 0 heterocycles. The molecule has 0 unspecified atom stereocenters. The summed E-state index contributed by atoms with van der Waals surface area (Å²) in [5.74, 6) is 0. The maximum absolute atomic E-state index is 6.20. The molecular formula is C14H17Cl. The maximum atomic E-state index is 6.20. The minimum atomic E-state index is 0.857. The first kappa shape index (κ1) is 12.1. The maximum Gasteiger partial charge on any atom is 0.0444 e. The average Bonchev–Trinajstić information content (AvgIpc) is 2.26. The van der Waals surface area contributed by atoms with Gasteiger partial charge in [-0.05, 0) is 42.5 Å². The Kier molecular flexibility index (Phi) is 4.68. The summed E-state index contributed by atoms with van der Waals surface area (Å²) >= 11 is 6.20. The van der Waals surface area contributed by atoms with Crippen molar-refractivity contribution in [1.82, 2.24) is 0 Å². The van der Waals surface area contributed by atoms with E-state index in [2.05, 4.69) is 31.4 Å². The lowest BCUT2D eigenvalue weighted by atomic mass is 10.0. The molecule has 0 saturated heterocycles. The third-order valence-corrected chi connectivity index (χ3v) is 2.90. The zero-order chi connectivity index (χ0) is 11.3. The van der Waals surface area contributed by atoms with Crippen molar-refractivity contribution in [2.75, 3.05) is 0 Å². The smallest absolute Gasteiger partial charge is 0.0444 e. The quantitative estimate of drug-likeness (QED) is 0.635. The minimum absolute atomic E-state index is 0.857. The fourth-order valence-electron chi connectivity index (χ4n) is 1.45. The van der Waals surface area contributed by atoms with Gasteiger partial charge in [0, 0.05) is 5.02 Å². The largest absolute Gasteiger partial charge is 0.125 e. The number of hydrogen-bond donors (Lipinski definition) is 0. The van der Waals surface area contributed by atoms with Crippen LogP contribution in [0.3, 0.4) is 0 Å². The summed E-state index contributed by atoms with van der Waals surface area (Å²) < 4.78 is 0. The van der Waals surface area contributed by atoms with Gasteiger partial charge in [0.1, 0.15) is 0 Å². The van der Waals surface area contributed by atoms with Gasteiger partial charge in [0.25, 0.3) is 0 Å². The Bertz CT molecular complexity index is 384. The zero-order valence-corrected chi connectivity index (χ0v) is 10.2. The summed E-state index contributed by atoms with van der Waals surface area (Å²) in [7, 11) is 0. The lowest BCUT2D eigenvalue weighted by Crippen LogP contribution is -1.88. The van der Waals surface area contributed by atoms with Crippen LogP contribution in [0.4, 0.5) is 0 Å². The summed E-state index contributed by atoms with van der Waals surface area (Å²) in [5, 5.41) is 0.857. The Morgan fingerprint density at radius 2 is 2.20 bits per heavy atom. The van der Waals surface area contributed by atoms with Gasteiger partial charge in [-0.3, -0.25) is 0 Å². The summed E-state index contributed by atoms with van der Waals surface area (Å²) in [4.78, 5) is 0. The van der Waals surface area contributed by atoms with Gasteiger partial charge in [0.2, 0.25) is 0 Å². The molecule has 1 heteroatoms. The van der Waals surface area contributed by atoms with Crippen molar-refractivity contribution < 1.29 is 0 Å². The second-order valence-corrected chi connectivity index (χ2v) is 4.12. The topological polar surface area (TPSA) is 0 Å². The molecular weight excluding hydrogens is 204 g/mol. The number of aryl methyl sites for hydroxylation is 1. The fourth-order valence-corrected chi connectivity index (χ4v) is 1.73. The molecule has 1 aromatic rings.